The molecule has 1 aromatic carbocycles. The monoisotopic (exact) mass is 247 g/mol. The third-order valence-electron chi connectivity index (χ3n) is 2.68. The number of hydrogen-bond acceptors (Lipinski definition) is 2. The van der Waals surface area contributed by atoms with Crippen LogP contribution in [0.5, 0.6) is 0 Å². The number of halogens is 3. The van der Waals surface area contributed by atoms with Crippen LogP contribution in [0.1, 0.15) is 18.1 Å². The van der Waals surface area contributed by atoms with Gasteiger partial charge in [0.05, 0.1) is 5.56 Å². The molecule has 1 heterocycles. The molecule has 1 nitrogen and oxygen atoms in total. The molecule has 2 N–H and O–H groups in total. The average Bonchev–Trinajstić information content (AvgIpc) is 2.58. The summed E-state index contributed by atoms with van der Waals surface area (Å²) in [7, 11) is 0. The minimum Gasteiger partial charge on any atom is -0.327 e. The van der Waals surface area contributed by atoms with Crippen LogP contribution < -0.4 is 5.73 Å². The number of alkyl halides is 3. The first-order chi connectivity index (χ1) is 7.38. The van der Waals surface area contributed by atoms with Crippen LogP contribution in [-0.2, 0) is 12.6 Å². The average molecular weight is 247 g/mol. The van der Waals surface area contributed by atoms with Gasteiger partial charge >= 0.3 is 6.18 Å². The molecular weight excluding hydrogens is 235 g/mol. The van der Waals surface area contributed by atoms with Crippen molar-refractivity contribution in [1.82, 2.24) is 0 Å². The molecule has 0 saturated heterocycles. The summed E-state index contributed by atoms with van der Waals surface area (Å²) < 4.78 is 37.4. The van der Waals surface area contributed by atoms with Gasteiger partial charge in [0.25, 0.3) is 0 Å². The Bertz CT molecular complexity index is 401. The Morgan fingerprint density at radius 2 is 2.12 bits per heavy atom. The third-order valence-corrected chi connectivity index (χ3v) is 4.21. The lowest BCUT2D eigenvalue weighted by Crippen LogP contribution is -2.28. The lowest BCUT2D eigenvalue weighted by atomic mass is 10.0. The zero-order valence-electron chi connectivity index (χ0n) is 8.71. The molecule has 5 heteroatoms. The number of rotatable bonds is 1. The molecule has 2 atom stereocenters. The summed E-state index contributed by atoms with van der Waals surface area (Å²) in [6, 6.07) is 3.92. The first-order valence-corrected chi connectivity index (χ1v) is 5.88. The van der Waals surface area contributed by atoms with E-state index in [0.717, 1.165) is 22.9 Å². The predicted molar refractivity (Wildman–Crippen MR) is 58.4 cm³/mol. The van der Waals surface area contributed by atoms with Gasteiger partial charge in [-0.25, -0.2) is 0 Å². The lowest BCUT2D eigenvalue weighted by Gasteiger charge is -2.11. The molecule has 0 fully saturated rings. The molecule has 2 unspecified atom stereocenters. The van der Waals surface area contributed by atoms with Crippen LogP contribution >= 0.6 is 11.8 Å². The fourth-order valence-corrected chi connectivity index (χ4v) is 3.03. The van der Waals surface area contributed by atoms with Gasteiger partial charge in [-0.15, -0.1) is 11.8 Å². The number of nitrogens with two attached hydrogens (primary N) is 1. The Hall–Kier alpha value is -0.680. The third kappa shape index (κ3) is 2.20. The highest BCUT2D eigenvalue weighted by atomic mass is 32.2. The maximum atomic E-state index is 12.5. The SMILES string of the molecule is CC(N)C1Cc2ccc(C(F)(F)F)cc2S1. The fraction of sp³-hybridized carbons (Fsp3) is 0.455. The molecule has 16 heavy (non-hydrogen) atoms. The number of thioether (sulfide) groups is 1. The largest absolute Gasteiger partial charge is 0.416 e. The molecular formula is C11H12F3NS. The van der Waals surface area contributed by atoms with Crippen LogP contribution in [0.25, 0.3) is 0 Å². The molecule has 0 bridgehead atoms. The van der Waals surface area contributed by atoms with Crippen LogP contribution in [0.3, 0.4) is 0 Å². The molecule has 1 aliphatic heterocycles. The van der Waals surface area contributed by atoms with Crippen molar-refractivity contribution in [3.8, 4) is 0 Å². The summed E-state index contributed by atoms with van der Waals surface area (Å²) in [4.78, 5) is 0.720. The second kappa shape index (κ2) is 3.96. The van der Waals surface area contributed by atoms with Crippen LogP contribution in [-0.4, -0.2) is 11.3 Å². The van der Waals surface area contributed by atoms with Crippen molar-refractivity contribution >= 4 is 11.8 Å². The quantitative estimate of drug-likeness (QED) is 0.825. The summed E-state index contributed by atoms with van der Waals surface area (Å²) in [6.07, 6.45) is -3.50. The molecule has 0 spiro atoms. The van der Waals surface area contributed by atoms with E-state index in [4.69, 9.17) is 5.73 Å². The van der Waals surface area contributed by atoms with Gasteiger partial charge in [-0.3, -0.25) is 0 Å². The molecule has 0 amide bonds. The molecule has 88 valence electrons. The molecule has 0 saturated carbocycles. The van der Waals surface area contributed by atoms with E-state index in [1.165, 1.54) is 17.8 Å². The number of hydrogen-bond donors (Lipinski definition) is 1. The minimum absolute atomic E-state index is 0.00765. The zero-order valence-corrected chi connectivity index (χ0v) is 9.53. The van der Waals surface area contributed by atoms with E-state index in [9.17, 15) is 13.2 Å². The van der Waals surface area contributed by atoms with E-state index < -0.39 is 11.7 Å². The smallest absolute Gasteiger partial charge is 0.327 e. The summed E-state index contributed by atoms with van der Waals surface area (Å²) in [5, 5.41) is 0.193. The van der Waals surface area contributed by atoms with E-state index in [1.807, 2.05) is 6.92 Å². The number of fused-ring (bicyclic) bond motifs is 1. The number of benzene rings is 1. The van der Waals surface area contributed by atoms with Gasteiger partial charge < -0.3 is 5.73 Å². The fourth-order valence-electron chi connectivity index (χ4n) is 1.72. The van der Waals surface area contributed by atoms with Crippen molar-refractivity contribution in [2.45, 2.75) is 35.7 Å². The van der Waals surface area contributed by atoms with Gasteiger partial charge in [0.15, 0.2) is 0 Å². The maximum Gasteiger partial charge on any atom is 0.416 e. The van der Waals surface area contributed by atoms with Crippen molar-refractivity contribution < 1.29 is 13.2 Å². The summed E-state index contributed by atoms with van der Waals surface area (Å²) in [5.74, 6) is 0. The Morgan fingerprint density at radius 3 is 2.69 bits per heavy atom. The Labute approximate surface area is 96.2 Å². The summed E-state index contributed by atoms with van der Waals surface area (Å²) in [5.41, 5.74) is 6.15. The van der Waals surface area contributed by atoms with Crippen molar-refractivity contribution in [3.63, 3.8) is 0 Å². The van der Waals surface area contributed by atoms with E-state index in [1.54, 1.807) is 6.07 Å². The highest BCUT2D eigenvalue weighted by molar-refractivity contribution is 8.00. The van der Waals surface area contributed by atoms with Crippen molar-refractivity contribution in [3.05, 3.63) is 29.3 Å². The molecule has 0 radical (unpaired) electrons. The first-order valence-electron chi connectivity index (χ1n) is 5.00. The Morgan fingerprint density at radius 1 is 1.44 bits per heavy atom. The Balaban J connectivity index is 2.28. The lowest BCUT2D eigenvalue weighted by molar-refractivity contribution is -0.137. The second-order valence-electron chi connectivity index (χ2n) is 4.04. The molecule has 1 aliphatic rings. The second-order valence-corrected chi connectivity index (χ2v) is 5.32. The highest BCUT2D eigenvalue weighted by Crippen LogP contribution is 2.41. The summed E-state index contributed by atoms with van der Waals surface area (Å²) >= 11 is 1.45. The van der Waals surface area contributed by atoms with Crippen molar-refractivity contribution in [2.75, 3.05) is 0 Å². The van der Waals surface area contributed by atoms with Crippen LogP contribution in [0.4, 0.5) is 13.2 Å². The predicted octanol–water partition coefficient (Wildman–Crippen LogP) is 3.07. The van der Waals surface area contributed by atoms with E-state index in [0.29, 0.717) is 0 Å². The van der Waals surface area contributed by atoms with E-state index >= 15 is 0 Å². The Kier molecular flexibility index (Phi) is 2.92. The topological polar surface area (TPSA) is 26.0 Å². The van der Waals surface area contributed by atoms with Crippen LogP contribution in [0.15, 0.2) is 23.1 Å². The summed E-state index contributed by atoms with van der Waals surface area (Å²) in [6.45, 7) is 1.88. The van der Waals surface area contributed by atoms with E-state index in [2.05, 4.69) is 0 Å². The van der Waals surface area contributed by atoms with Gasteiger partial charge in [0.2, 0.25) is 0 Å². The zero-order chi connectivity index (χ0) is 11.9. The van der Waals surface area contributed by atoms with Gasteiger partial charge in [-0.1, -0.05) is 6.07 Å². The minimum atomic E-state index is -4.26. The highest BCUT2D eigenvalue weighted by Gasteiger charge is 2.33. The van der Waals surface area contributed by atoms with E-state index in [-0.39, 0.29) is 11.3 Å². The first kappa shape index (κ1) is 11.8. The van der Waals surface area contributed by atoms with Gasteiger partial charge in [-0.2, -0.15) is 13.2 Å². The molecule has 0 aliphatic carbocycles. The van der Waals surface area contributed by atoms with Gasteiger partial charge in [0.1, 0.15) is 0 Å². The normalized spacial score (nSPS) is 21.9. The molecule has 2 rings (SSSR count). The van der Waals surface area contributed by atoms with Crippen LogP contribution in [0.2, 0.25) is 0 Å². The molecule has 1 aromatic rings. The van der Waals surface area contributed by atoms with Crippen molar-refractivity contribution in [2.24, 2.45) is 5.73 Å². The van der Waals surface area contributed by atoms with Gasteiger partial charge in [0, 0.05) is 16.2 Å². The van der Waals surface area contributed by atoms with Crippen LogP contribution in [0, 0.1) is 0 Å². The maximum absolute atomic E-state index is 12.5. The standard InChI is InChI=1S/C11H12F3NS/c1-6(15)9-4-7-2-3-8(11(12,13)14)5-10(7)16-9/h2-3,5-6,9H,4,15H2,1H3. The molecule has 0 aromatic heterocycles. The van der Waals surface area contributed by atoms with Gasteiger partial charge in [-0.05, 0) is 31.0 Å². The van der Waals surface area contributed by atoms with Crippen molar-refractivity contribution in [1.29, 1.82) is 0 Å².